The topological polar surface area (TPSA) is 26.7 Å². The van der Waals surface area contributed by atoms with Gasteiger partial charge in [0.25, 0.3) is 6.43 Å². The maximum Gasteiger partial charge on any atom is 0.251 e. The zero-order chi connectivity index (χ0) is 12.8. The van der Waals surface area contributed by atoms with E-state index in [1.807, 2.05) is 6.92 Å². The molecule has 1 heterocycles. The fourth-order valence-corrected chi connectivity index (χ4v) is 2.34. The zero-order valence-electron chi connectivity index (χ0n) is 10.8. The Balaban J connectivity index is 2.25. The summed E-state index contributed by atoms with van der Waals surface area (Å²) in [7, 11) is 1.77. The smallest absolute Gasteiger partial charge is 0.251 e. The Kier molecular flexibility index (Phi) is 6.30. The van der Waals surface area contributed by atoms with Crippen molar-refractivity contribution in [3.63, 3.8) is 0 Å². The van der Waals surface area contributed by atoms with Crippen LogP contribution in [0.4, 0.5) is 8.78 Å². The van der Waals surface area contributed by atoms with E-state index >= 15 is 0 Å². The van der Waals surface area contributed by atoms with E-state index in [0.29, 0.717) is 6.54 Å². The van der Waals surface area contributed by atoms with E-state index in [2.05, 4.69) is 4.90 Å². The number of rotatable bonds is 6. The molecule has 0 aliphatic carbocycles. The van der Waals surface area contributed by atoms with E-state index < -0.39 is 6.43 Å². The van der Waals surface area contributed by atoms with Crippen molar-refractivity contribution in [2.75, 3.05) is 33.2 Å². The summed E-state index contributed by atoms with van der Waals surface area (Å²) in [6.45, 7) is 4.34. The maximum absolute atomic E-state index is 12.2. The third-order valence-electron chi connectivity index (χ3n) is 3.55. The molecule has 0 amide bonds. The molecule has 1 fully saturated rings. The molecule has 1 aliphatic heterocycles. The predicted molar refractivity (Wildman–Crippen MR) is 64.4 cm³/mol. The summed E-state index contributed by atoms with van der Waals surface area (Å²) in [6, 6.07) is 0.263. The molecule has 0 aromatic rings. The number of aliphatic hydroxyl groups excluding tert-OH is 1. The molecule has 0 unspecified atom stereocenters. The lowest BCUT2D eigenvalue weighted by atomic mass is 10.0. The molecule has 5 heteroatoms. The lowest BCUT2D eigenvalue weighted by molar-refractivity contribution is 0.0441. The minimum Gasteiger partial charge on any atom is -0.392 e. The predicted octanol–water partition coefficient (Wildman–Crippen LogP) is 1.42. The van der Waals surface area contributed by atoms with Crippen LogP contribution >= 0.6 is 0 Å². The van der Waals surface area contributed by atoms with Crippen LogP contribution in [0.3, 0.4) is 0 Å². The van der Waals surface area contributed by atoms with Crippen molar-refractivity contribution < 1.29 is 13.9 Å². The van der Waals surface area contributed by atoms with Gasteiger partial charge in [-0.15, -0.1) is 0 Å². The molecule has 3 nitrogen and oxygen atoms in total. The van der Waals surface area contributed by atoms with Gasteiger partial charge in [-0.1, -0.05) is 6.92 Å². The molecule has 0 radical (unpaired) electrons. The third kappa shape index (κ3) is 5.27. The summed E-state index contributed by atoms with van der Waals surface area (Å²) in [6.07, 6.45) is 0.0927. The monoisotopic (exact) mass is 250 g/mol. The average Bonchev–Trinajstić information content (AvgIpc) is 2.28. The molecule has 0 saturated carbocycles. The van der Waals surface area contributed by atoms with Crippen LogP contribution in [0.15, 0.2) is 0 Å². The van der Waals surface area contributed by atoms with Gasteiger partial charge in [-0.3, -0.25) is 4.90 Å². The summed E-state index contributed by atoms with van der Waals surface area (Å²) in [5.41, 5.74) is 0. The summed E-state index contributed by atoms with van der Waals surface area (Å²) in [5, 5.41) is 9.55. The van der Waals surface area contributed by atoms with Crippen molar-refractivity contribution in [3.8, 4) is 0 Å². The SMILES string of the molecule is CC[C@H](O)CN1CCC(N(C)CC(F)F)CC1. The quantitative estimate of drug-likeness (QED) is 0.772. The first-order chi connectivity index (χ1) is 8.02. The molecule has 1 saturated heterocycles. The van der Waals surface area contributed by atoms with Crippen molar-refractivity contribution in [1.82, 2.24) is 9.80 Å². The van der Waals surface area contributed by atoms with E-state index in [9.17, 15) is 13.9 Å². The second-order valence-electron chi connectivity index (χ2n) is 4.92. The van der Waals surface area contributed by atoms with Gasteiger partial charge in [0.05, 0.1) is 12.6 Å². The molecule has 1 aliphatic rings. The van der Waals surface area contributed by atoms with Crippen LogP contribution in [0.25, 0.3) is 0 Å². The normalized spacial score (nSPS) is 21.4. The van der Waals surface area contributed by atoms with E-state index in [1.165, 1.54) is 0 Å². The van der Waals surface area contributed by atoms with Crippen LogP contribution in [0, 0.1) is 0 Å². The van der Waals surface area contributed by atoms with Crippen LogP contribution in [0.1, 0.15) is 26.2 Å². The zero-order valence-corrected chi connectivity index (χ0v) is 10.8. The van der Waals surface area contributed by atoms with Gasteiger partial charge in [-0.2, -0.15) is 0 Å². The first-order valence-corrected chi connectivity index (χ1v) is 6.41. The summed E-state index contributed by atoms with van der Waals surface area (Å²) >= 11 is 0. The summed E-state index contributed by atoms with van der Waals surface area (Å²) in [4.78, 5) is 3.99. The highest BCUT2D eigenvalue weighted by Crippen LogP contribution is 2.16. The van der Waals surface area contributed by atoms with Gasteiger partial charge in [0.15, 0.2) is 0 Å². The fraction of sp³-hybridized carbons (Fsp3) is 1.00. The van der Waals surface area contributed by atoms with E-state index in [0.717, 1.165) is 32.4 Å². The summed E-state index contributed by atoms with van der Waals surface area (Å²) in [5.74, 6) is 0. The molecule has 0 bridgehead atoms. The maximum atomic E-state index is 12.2. The summed E-state index contributed by atoms with van der Waals surface area (Å²) < 4.78 is 24.5. The molecule has 1 rings (SSSR count). The van der Waals surface area contributed by atoms with Gasteiger partial charge in [-0.05, 0) is 39.4 Å². The van der Waals surface area contributed by atoms with Gasteiger partial charge < -0.3 is 10.0 Å². The number of hydrogen-bond acceptors (Lipinski definition) is 3. The Labute approximate surface area is 102 Å². The van der Waals surface area contributed by atoms with Crippen LogP contribution in [0.2, 0.25) is 0 Å². The van der Waals surface area contributed by atoms with Crippen molar-refractivity contribution in [1.29, 1.82) is 0 Å². The first kappa shape index (κ1) is 14.8. The number of halogens is 2. The Bertz CT molecular complexity index is 209. The highest BCUT2D eigenvalue weighted by Gasteiger charge is 2.24. The number of β-amino-alcohol motifs (C(OH)–C–C–N with tert-alkyl or cyclic N) is 1. The molecule has 102 valence electrons. The third-order valence-corrected chi connectivity index (χ3v) is 3.55. The Morgan fingerprint density at radius 3 is 2.41 bits per heavy atom. The Morgan fingerprint density at radius 1 is 1.35 bits per heavy atom. The highest BCUT2D eigenvalue weighted by molar-refractivity contribution is 4.79. The fourth-order valence-electron chi connectivity index (χ4n) is 2.34. The Morgan fingerprint density at radius 2 is 1.94 bits per heavy atom. The number of nitrogens with zero attached hydrogens (tertiary/aromatic N) is 2. The molecular weight excluding hydrogens is 226 g/mol. The average molecular weight is 250 g/mol. The minimum atomic E-state index is -2.25. The number of likely N-dealkylation sites (tertiary alicyclic amines) is 1. The van der Waals surface area contributed by atoms with E-state index in [4.69, 9.17) is 0 Å². The number of hydrogen-bond donors (Lipinski definition) is 1. The van der Waals surface area contributed by atoms with Gasteiger partial charge >= 0.3 is 0 Å². The second-order valence-corrected chi connectivity index (χ2v) is 4.92. The molecular formula is C12H24F2N2O. The standard InChI is InChI=1S/C12H24F2N2O/c1-3-11(17)8-16-6-4-10(5-7-16)15(2)9-12(13)14/h10-12,17H,3-9H2,1-2H3/t11-/m0/s1. The van der Waals surface area contributed by atoms with Crippen LogP contribution in [0.5, 0.6) is 0 Å². The van der Waals surface area contributed by atoms with Crippen LogP contribution < -0.4 is 0 Å². The van der Waals surface area contributed by atoms with E-state index in [1.54, 1.807) is 11.9 Å². The van der Waals surface area contributed by atoms with Crippen molar-refractivity contribution >= 4 is 0 Å². The number of alkyl halides is 2. The van der Waals surface area contributed by atoms with Crippen molar-refractivity contribution in [2.24, 2.45) is 0 Å². The van der Waals surface area contributed by atoms with Gasteiger partial charge in [0.2, 0.25) is 0 Å². The van der Waals surface area contributed by atoms with Crippen LogP contribution in [-0.4, -0.2) is 66.7 Å². The lowest BCUT2D eigenvalue weighted by Gasteiger charge is -2.37. The lowest BCUT2D eigenvalue weighted by Crippen LogP contribution is -2.46. The second kappa shape index (κ2) is 7.24. The molecule has 17 heavy (non-hydrogen) atoms. The van der Waals surface area contributed by atoms with Gasteiger partial charge in [0.1, 0.15) is 0 Å². The van der Waals surface area contributed by atoms with E-state index in [-0.39, 0.29) is 18.7 Å². The molecule has 0 aromatic heterocycles. The number of aliphatic hydroxyl groups is 1. The Hall–Kier alpha value is -0.260. The molecule has 0 aromatic carbocycles. The van der Waals surface area contributed by atoms with Crippen LogP contribution in [-0.2, 0) is 0 Å². The minimum absolute atomic E-state index is 0.137. The molecule has 1 atom stereocenters. The highest BCUT2D eigenvalue weighted by atomic mass is 19.3. The van der Waals surface area contributed by atoms with Gasteiger partial charge in [0, 0.05) is 12.6 Å². The largest absolute Gasteiger partial charge is 0.392 e. The van der Waals surface area contributed by atoms with Crippen molar-refractivity contribution in [3.05, 3.63) is 0 Å². The first-order valence-electron chi connectivity index (χ1n) is 6.41. The number of piperidine rings is 1. The molecule has 0 spiro atoms. The van der Waals surface area contributed by atoms with Crippen molar-refractivity contribution in [2.45, 2.75) is 44.8 Å². The molecule has 1 N–H and O–H groups in total. The van der Waals surface area contributed by atoms with Gasteiger partial charge in [-0.25, -0.2) is 8.78 Å².